The molecular weight excluding hydrogens is 402 g/mol. The van der Waals surface area contributed by atoms with Gasteiger partial charge in [-0.25, -0.2) is 0 Å². The lowest BCUT2D eigenvalue weighted by molar-refractivity contribution is -0.107. The van der Waals surface area contributed by atoms with Gasteiger partial charge in [-0.2, -0.15) is 4.37 Å². The SMILES string of the molecule is CCCc1ccc(-c2snc(Cl)c2COc2ccc(CCC=O)c(C)c2C)cc1. The Kier molecular flexibility index (Phi) is 7.45. The Morgan fingerprint density at radius 1 is 1.07 bits per heavy atom. The maximum atomic E-state index is 10.7. The van der Waals surface area contributed by atoms with E-state index in [0.717, 1.165) is 52.9 Å². The van der Waals surface area contributed by atoms with E-state index in [2.05, 4.69) is 49.4 Å². The first-order chi connectivity index (χ1) is 14.0. The molecule has 0 aliphatic heterocycles. The molecule has 0 amide bonds. The van der Waals surface area contributed by atoms with Crippen LogP contribution in [-0.2, 0) is 24.2 Å². The summed E-state index contributed by atoms with van der Waals surface area (Å²) in [5.41, 5.74) is 6.83. The van der Waals surface area contributed by atoms with Crippen molar-refractivity contribution in [1.29, 1.82) is 0 Å². The Hall–Kier alpha value is -2.17. The van der Waals surface area contributed by atoms with Crippen LogP contribution in [0.1, 0.15) is 47.6 Å². The van der Waals surface area contributed by atoms with Crippen LogP contribution < -0.4 is 4.74 Å². The topological polar surface area (TPSA) is 39.2 Å². The molecule has 3 rings (SSSR count). The number of hydrogen-bond donors (Lipinski definition) is 0. The number of carbonyl (C=O) groups excluding carboxylic acids is 1. The lowest BCUT2D eigenvalue weighted by atomic mass is 9.99. The minimum Gasteiger partial charge on any atom is -0.488 e. The highest BCUT2D eigenvalue weighted by Crippen LogP contribution is 2.35. The summed E-state index contributed by atoms with van der Waals surface area (Å²) in [6, 6.07) is 12.6. The van der Waals surface area contributed by atoms with Gasteiger partial charge < -0.3 is 9.53 Å². The van der Waals surface area contributed by atoms with Crippen molar-refractivity contribution in [1.82, 2.24) is 4.37 Å². The summed E-state index contributed by atoms with van der Waals surface area (Å²) in [7, 11) is 0. The highest BCUT2D eigenvalue weighted by Gasteiger charge is 2.16. The molecule has 29 heavy (non-hydrogen) atoms. The average molecular weight is 428 g/mol. The minimum atomic E-state index is 0.370. The van der Waals surface area contributed by atoms with Crippen molar-refractivity contribution in [2.45, 2.75) is 53.1 Å². The standard InChI is InChI=1S/C24H26ClNO2S/c1-4-6-18-8-10-20(11-9-18)23-21(24(25)26-29-23)15-28-22-13-12-19(7-5-14-27)16(2)17(22)3/h8-14H,4-7,15H2,1-3H3. The third kappa shape index (κ3) is 5.06. The normalized spacial score (nSPS) is 10.9. The van der Waals surface area contributed by atoms with E-state index in [0.29, 0.717) is 18.2 Å². The van der Waals surface area contributed by atoms with Crippen LogP contribution in [0, 0.1) is 13.8 Å². The predicted octanol–water partition coefficient (Wildman–Crippen LogP) is 6.74. The van der Waals surface area contributed by atoms with E-state index in [1.165, 1.54) is 28.2 Å². The predicted molar refractivity (Wildman–Crippen MR) is 121 cm³/mol. The molecule has 0 fully saturated rings. The van der Waals surface area contributed by atoms with Gasteiger partial charge in [-0.05, 0) is 72.1 Å². The zero-order valence-corrected chi connectivity index (χ0v) is 18.7. The smallest absolute Gasteiger partial charge is 0.150 e. The lowest BCUT2D eigenvalue weighted by Gasteiger charge is -2.14. The summed E-state index contributed by atoms with van der Waals surface area (Å²) in [4.78, 5) is 11.7. The summed E-state index contributed by atoms with van der Waals surface area (Å²) in [6.45, 7) is 6.68. The highest BCUT2D eigenvalue weighted by atomic mass is 35.5. The van der Waals surface area contributed by atoms with Crippen LogP contribution in [0.15, 0.2) is 36.4 Å². The molecule has 3 aromatic rings. The number of ether oxygens (including phenoxy) is 1. The Bertz CT molecular complexity index is 979. The van der Waals surface area contributed by atoms with Crippen LogP contribution in [0.5, 0.6) is 5.75 Å². The fourth-order valence-electron chi connectivity index (χ4n) is 3.40. The van der Waals surface area contributed by atoms with Crippen molar-refractivity contribution in [3.63, 3.8) is 0 Å². The first kappa shape index (κ1) is 21.5. The number of hydrogen-bond acceptors (Lipinski definition) is 4. The number of benzene rings is 2. The zero-order valence-electron chi connectivity index (χ0n) is 17.1. The van der Waals surface area contributed by atoms with Gasteiger partial charge in [0.1, 0.15) is 23.8 Å². The second kappa shape index (κ2) is 10.0. The lowest BCUT2D eigenvalue weighted by Crippen LogP contribution is -2.01. The van der Waals surface area contributed by atoms with Crippen molar-refractivity contribution in [2.24, 2.45) is 0 Å². The number of aryl methyl sites for hydroxylation is 2. The first-order valence-corrected chi connectivity index (χ1v) is 11.1. The Morgan fingerprint density at radius 3 is 2.52 bits per heavy atom. The molecule has 0 bridgehead atoms. The maximum Gasteiger partial charge on any atom is 0.150 e. The Labute approximate surface area is 181 Å². The van der Waals surface area contributed by atoms with Crippen molar-refractivity contribution in [3.05, 3.63) is 69.4 Å². The van der Waals surface area contributed by atoms with Crippen molar-refractivity contribution in [2.75, 3.05) is 0 Å². The van der Waals surface area contributed by atoms with Crippen LogP contribution in [0.25, 0.3) is 10.4 Å². The number of aromatic nitrogens is 1. The number of carbonyl (C=O) groups is 1. The van der Waals surface area contributed by atoms with Gasteiger partial charge in [-0.15, -0.1) is 0 Å². The van der Waals surface area contributed by atoms with Crippen molar-refractivity contribution in [3.8, 4) is 16.2 Å². The van der Waals surface area contributed by atoms with Gasteiger partial charge in [0.25, 0.3) is 0 Å². The third-order valence-corrected chi connectivity index (χ3v) is 6.60. The molecule has 0 unspecified atom stereocenters. The molecule has 0 atom stereocenters. The van der Waals surface area contributed by atoms with Gasteiger partial charge in [0, 0.05) is 12.0 Å². The van der Waals surface area contributed by atoms with E-state index < -0.39 is 0 Å². The average Bonchev–Trinajstić information content (AvgIpc) is 3.09. The second-order valence-corrected chi connectivity index (χ2v) is 8.33. The van der Waals surface area contributed by atoms with Gasteiger partial charge in [0.05, 0.1) is 4.88 Å². The summed E-state index contributed by atoms with van der Waals surface area (Å²) in [5, 5.41) is 0.500. The number of halogens is 1. The van der Waals surface area contributed by atoms with Crippen LogP contribution in [0.3, 0.4) is 0 Å². The quantitative estimate of drug-likeness (QED) is 0.355. The molecule has 0 spiro atoms. The molecular formula is C24H26ClNO2S. The molecule has 0 N–H and O–H groups in total. The molecule has 5 heteroatoms. The van der Waals surface area contributed by atoms with Crippen LogP contribution in [-0.4, -0.2) is 10.7 Å². The molecule has 1 aromatic heterocycles. The van der Waals surface area contributed by atoms with E-state index in [1.54, 1.807) is 0 Å². The molecule has 0 aliphatic carbocycles. The maximum absolute atomic E-state index is 10.7. The Morgan fingerprint density at radius 2 is 1.83 bits per heavy atom. The van der Waals surface area contributed by atoms with E-state index >= 15 is 0 Å². The molecule has 0 radical (unpaired) electrons. The molecule has 2 aromatic carbocycles. The molecule has 3 nitrogen and oxygen atoms in total. The van der Waals surface area contributed by atoms with Crippen LogP contribution >= 0.6 is 23.1 Å². The monoisotopic (exact) mass is 427 g/mol. The van der Waals surface area contributed by atoms with E-state index in [4.69, 9.17) is 16.3 Å². The van der Waals surface area contributed by atoms with Crippen molar-refractivity contribution >= 4 is 29.4 Å². The molecule has 0 saturated heterocycles. The second-order valence-electron chi connectivity index (χ2n) is 7.19. The van der Waals surface area contributed by atoms with E-state index in [9.17, 15) is 4.79 Å². The minimum absolute atomic E-state index is 0.370. The van der Waals surface area contributed by atoms with Crippen LogP contribution in [0.4, 0.5) is 0 Å². The molecule has 0 aliphatic rings. The Balaban J connectivity index is 1.79. The summed E-state index contributed by atoms with van der Waals surface area (Å²) in [5.74, 6) is 0.837. The third-order valence-electron chi connectivity index (χ3n) is 5.25. The fourth-order valence-corrected chi connectivity index (χ4v) is 4.49. The highest BCUT2D eigenvalue weighted by molar-refractivity contribution is 7.10. The van der Waals surface area contributed by atoms with Crippen molar-refractivity contribution < 1.29 is 9.53 Å². The molecule has 1 heterocycles. The summed E-state index contributed by atoms with van der Waals surface area (Å²) >= 11 is 7.79. The number of nitrogens with zero attached hydrogens (tertiary/aromatic N) is 1. The largest absolute Gasteiger partial charge is 0.488 e. The van der Waals surface area contributed by atoms with E-state index in [1.807, 2.05) is 12.1 Å². The van der Waals surface area contributed by atoms with Gasteiger partial charge >= 0.3 is 0 Å². The fraction of sp³-hybridized carbons (Fsp3) is 0.333. The van der Waals surface area contributed by atoms with Crippen LogP contribution in [0.2, 0.25) is 5.15 Å². The summed E-state index contributed by atoms with van der Waals surface area (Å²) in [6.07, 6.45) is 4.48. The molecule has 152 valence electrons. The molecule has 0 saturated carbocycles. The van der Waals surface area contributed by atoms with Gasteiger partial charge in [-0.3, -0.25) is 0 Å². The van der Waals surface area contributed by atoms with Gasteiger partial charge in [0.2, 0.25) is 0 Å². The van der Waals surface area contributed by atoms with E-state index in [-0.39, 0.29) is 0 Å². The van der Waals surface area contributed by atoms with Gasteiger partial charge in [0.15, 0.2) is 0 Å². The zero-order chi connectivity index (χ0) is 20.8. The van der Waals surface area contributed by atoms with Gasteiger partial charge in [-0.1, -0.05) is 55.3 Å². The number of aldehydes is 1. The first-order valence-electron chi connectivity index (χ1n) is 9.94. The number of rotatable bonds is 9. The summed E-state index contributed by atoms with van der Waals surface area (Å²) < 4.78 is 10.5.